The first-order valence-electron chi connectivity index (χ1n) is 7.01. The Kier molecular flexibility index (Phi) is 5.76. The van der Waals surface area contributed by atoms with Gasteiger partial charge in [-0.25, -0.2) is 0 Å². The van der Waals surface area contributed by atoms with Crippen LogP contribution in [0.15, 0.2) is 28.7 Å². The molecule has 1 aliphatic heterocycles. The molecule has 5 nitrogen and oxygen atoms in total. The average molecular weight is 355 g/mol. The van der Waals surface area contributed by atoms with E-state index >= 15 is 0 Å². The van der Waals surface area contributed by atoms with Crippen LogP contribution in [0.1, 0.15) is 19.8 Å². The lowest BCUT2D eigenvalue weighted by molar-refractivity contribution is -0.130. The molecule has 1 aliphatic rings. The molecule has 114 valence electrons. The second kappa shape index (κ2) is 7.56. The average Bonchev–Trinajstić information content (AvgIpc) is 2.98. The van der Waals surface area contributed by atoms with E-state index in [0.29, 0.717) is 19.7 Å². The second-order valence-corrected chi connectivity index (χ2v) is 5.77. The number of ether oxygens (including phenoxy) is 1. The van der Waals surface area contributed by atoms with Crippen molar-refractivity contribution in [3.63, 3.8) is 0 Å². The Labute approximate surface area is 132 Å². The van der Waals surface area contributed by atoms with Gasteiger partial charge in [-0.15, -0.1) is 0 Å². The highest BCUT2D eigenvalue weighted by Gasteiger charge is 2.23. The van der Waals surface area contributed by atoms with Crippen LogP contribution in [-0.4, -0.2) is 37.6 Å². The largest absolute Gasteiger partial charge is 0.368 e. The van der Waals surface area contributed by atoms with Crippen LogP contribution in [0.5, 0.6) is 0 Å². The van der Waals surface area contributed by atoms with Gasteiger partial charge in [-0.3, -0.25) is 9.59 Å². The number of carbonyl (C=O) groups excluding carboxylic acids is 2. The lowest BCUT2D eigenvalue weighted by Gasteiger charge is -2.23. The van der Waals surface area contributed by atoms with Gasteiger partial charge < -0.3 is 15.0 Å². The van der Waals surface area contributed by atoms with Crippen LogP contribution in [0.25, 0.3) is 0 Å². The Bertz CT molecular complexity index is 515. The zero-order chi connectivity index (χ0) is 15.2. The molecule has 1 atom stereocenters. The zero-order valence-corrected chi connectivity index (χ0v) is 13.6. The molecule has 0 spiro atoms. The van der Waals surface area contributed by atoms with Crippen LogP contribution in [0.4, 0.5) is 5.69 Å². The third-order valence-corrected chi connectivity index (χ3v) is 4.05. The van der Waals surface area contributed by atoms with Crippen LogP contribution in [0.2, 0.25) is 0 Å². The number of nitrogens with one attached hydrogen (secondary N) is 1. The summed E-state index contributed by atoms with van der Waals surface area (Å²) >= 11 is 3.44. The van der Waals surface area contributed by atoms with Gasteiger partial charge in [0.2, 0.25) is 11.8 Å². The van der Waals surface area contributed by atoms with Gasteiger partial charge in [-0.2, -0.15) is 0 Å². The van der Waals surface area contributed by atoms with Crippen molar-refractivity contribution in [2.75, 3.05) is 24.6 Å². The van der Waals surface area contributed by atoms with Crippen molar-refractivity contribution in [2.24, 2.45) is 0 Å². The molecule has 1 fully saturated rings. The van der Waals surface area contributed by atoms with E-state index in [1.54, 1.807) is 4.90 Å². The molecule has 1 aromatic carbocycles. The third kappa shape index (κ3) is 4.28. The number of hydrogen-bond donors (Lipinski definition) is 1. The number of benzene rings is 1. The lowest BCUT2D eigenvalue weighted by atomic mass is 10.2. The van der Waals surface area contributed by atoms with Gasteiger partial charge >= 0.3 is 0 Å². The molecule has 2 rings (SSSR count). The number of hydrogen-bond acceptors (Lipinski definition) is 3. The number of carbonyl (C=O) groups is 2. The molecular formula is C15H19BrN2O3. The summed E-state index contributed by atoms with van der Waals surface area (Å²) in [5.74, 6) is -0.156. The number of anilines is 1. The van der Waals surface area contributed by atoms with Crippen LogP contribution < -0.4 is 10.2 Å². The third-order valence-electron chi connectivity index (χ3n) is 3.38. The molecule has 1 N–H and O–H groups in total. The molecule has 0 bridgehead atoms. The van der Waals surface area contributed by atoms with Gasteiger partial charge in [-0.05, 0) is 40.9 Å². The van der Waals surface area contributed by atoms with Crippen molar-refractivity contribution in [1.82, 2.24) is 5.32 Å². The summed E-state index contributed by atoms with van der Waals surface area (Å²) in [4.78, 5) is 25.3. The Morgan fingerprint density at radius 2 is 2.19 bits per heavy atom. The standard InChI is InChI=1S/C15H19BrN2O3/c1-11(19)18(13-6-3-2-5-12(13)16)9-8-17-15(20)14-7-4-10-21-14/h2-3,5-6,14H,4,7-10H2,1H3,(H,17,20). The van der Waals surface area contributed by atoms with E-state index in [9.17, 15) is 9.59 Å². The number of halogens is 1. The molecule has 1 unspecified atom stereocenters. The number of rotatable bonds is 5. The normalized spacial score (nSPS) is 17.5. The van der Waals surface area contributed by atoms with Gasteiger partial charge in [0, 0.05) is 31.1 Å². The van der Waals surface area contributed by atoms with Gasteiger partial charge in [0.15, 0.2) is 0 Å². The maximum Gasteiger partial charge on any atom is 0.249 e. The molecular weight excluding hydrogens is 336 g/mol. The Hall–Kier alpha value is -1.40. The molecule has 6 heteroatoms. The highest BCUT2D eigenvalue weighted by molar-refractivity contribution is 9.10. The molecule has 1 heterocycles. The highest BCUT2D eigenvalue weighted by Crippen LogP contribution is 2.25. The Morgan fingerprint density at radius 1 is 1.43 bits per heavy atom. The molecule has 0 saturated carbocycles. The first-order chi connectivity index (χ1) is 10.1. The van der Waals surface area contributed by atoms with Gasteiger partial charge in [0.1, 0.15) is 6.10 Å². The molecule has 2 amide bonds. The first-order valence-corrected chi connectivity index (χ1v) is 7.81. The van der Waals surface area contributed by atoms with Crippen molar-refractivity contribution >= 4 is 33.4 Å². The van der Waals surface area contributed by atoms with Crippen molar-refractivity contribution in [2.45, 2.75) is 25.9 Å². The van der Waals surface area contributed by atoms with Gasteiger partial charge in [0.05, 0.1) is 5.69 Å². The zero-order valence-electron chi connectivity index (χ0n) is 12.0. The number of para-hydroxylation sites is 1. The van der Waals surface area contributed by atoms with Crippen LogP contribution >= 0.6 is 15.9 Å². The lowest BCUT2D eigenvalue weighted by Crippen LogP contribution is -2.41. The van der Waals surface area contributed by atoms with E-state index < -0.39 is 0 Å². The van der Waals surface area contributed by atoms with Crippen molar-refractivity contribution in [3.8, 4) is 0 Å². The minimum atomic E-state index is -0.334. The molecule has 0 aliphatic carbocycles. The fraction of sp³-hybridized carbons (Fsp3) is 0.467. The van der Waals surface area contributed by atoms with Crippen molar-refractivity contribution < 1.29 is 14.3 Å². The molecule has 0 radical (unpaired) electrons. The van der Waals surface area contributed by atoms with Gasteiger partial charge in [0.25, 0.3) is 0 Å². The SMILES string of the molecule is CC(=O)N(CCNC(=O)C1CCCO1)c1ccccc1Br. The van der Waals surface area contributed by atoms with E-state index in [0.717, 1.165) is 23.0 Å². The summed E-state index contributed by atoms with van der Waals surface area (Å²) in [5.41, 5.74) is 0.802. The summed E-state index contributed by atoms with van der Waals surface area (Å²) in [6.45, 7) is 2.99. The monoisotopic (exact) mass is 354 g/mol. The van der Waals surface area contributed by atoms with E-state index in [1.807, 2.05) is 24.3 Å². The predicted octanol–water partition coefficient (Wildman–Crippen LogP) is 2.10. The Balaban J connectivity index is 1.90. The molecule has 21 heavy (non-hydrogen) atoms. The van der Waals surface area contributed by atoms with Crippen molar-refractivity contribution in [1.29, 1.82) is 0 Å². The van der Waals surface area contributed by atoms with Crippen LogP contribution in [-0.2, 0) is 14.3 Å². The predicted molar refractivity (Wildman–Crippen MR) is 84.2 cm³/mol. The minimum Gasteiger partial charge on any atom is -0.368 e. The summed E-state index contributed by atoms with van der Waals surface area (Å²) in [6.07, 6.45) is 1.36. The van der Waals surface area contributed by atoms with E-state index in [1.165, 1.54) is 6.92 Å². The van der Waals surface area contributed by atoms with E-state index in [4.69, 9.17) is 4.74 Å². The van der Waals surface area contributed by atoms with Crippen LogP contribution in [0, 0.1) is 0 Å². The summed E-state index contributed by atoms with van der Waals surface area (Å²) < 4.78 is 6.18. The summed E-state index contributed by atoms with van der Waals surface area (Å²) in [6, 6.07) is 7.52. The molecule has 1 saturated heterocycles. The maximum atomic E-state index is 11.9. The van der Waals surface area contributed by atoms with E-state index in [2.05, 4.69) is 21.2 Å². The second-order valence-electron chi connectivity index (χ2n) is 4.91. The van der Waals surface area contributed by atoms with Crippen molar-refractivity contribution in [3.05, 3.63) is 28.7 Å². The molecule has 1 aromatic rings. The quantitative estimate of drug-likeness (QED) is 0.880. The topological polar surface area (TPSA) is 58.6 Å². The van der Waals surface area contributed by atoms with Crippen LogP contribution in [0.3, 0.4) is 0 Å². The smallest absolute Gasteiger partial charge is 0.249 e. The van der Waals surface area contributed by atoms with E-state index in [-0.39, 0.29) is 17.9 Å². The fourth-order valence-electron chi connectivity index (χ4n) is 2.31. The number of amides is 2. The highest BCUT2D eigenvalue weighted by atomic mass is 79.9. The Morgan fingerprint density at radius 3 is 2.81 bits per heavy atom. The van der Waals surface area contributed by atoms with Gasteiger partial charge in [-0.1, -0.05) is 12.1 Å². The molecule has 0 aromatic heterocycles. The summed E-state index contributed by atoms with van der Waals surface area (Å²) in [7, 11) is 0. The maximum absolute atomic E-state index is 11.9. The minimum absolute atomic E-state index is 0.0618. The first kappa shape index (κ1) is 16.0. The summed E-state index contributed by atoms with van der Waals surface area (Å²) in [5, 5.41) is 2.83. The fourth-order valence-corrected chi connectivity index (χ4v) is 2.81. The number of nitrogens with zero attached hydrogens (tertiary/aromatic N) is 1.